The molecule has 9 heteroatoms. The summed E-state index contributed by atoms with van der Waals surface area (Å²) in [5, 5.41) is 13.6. The van der Waals surface area contributed by atoms with Crippen LogP contribution in [-0.2, 0) is 16.0 Å². The van der Waals surface area contributed by atoms with E-state index in [1.807, 2.05) is 24.3 Å². The van der Waals surface area contributed by atoms with Gasteiger partial charge in [-0.2, -0.15) is 5.26 Å². The molecule has 1 saturated heterocycles. The van der Waals surface area contributed by atoms with Crippen LogP contribution in [0.2, 0.25) is 15.1 Å². The van der Waals surface area contributed by atoms with E-state index in [-0.39, 0.29) is 21.5 Å². The van der Waals surface area contributed by atoms with Gasteiger partial charge in [-0.15, -0.1) is 0 Å². The molecule has 0 saturated carbocycles. The first-order valence-electron chi connectivity index (χ1n) is 10.1. The Morgan fingerprint density at radius 3 is 2.32 bits per heavy atom. The first-order chi connectivity index (χ1) is 16.4. The molecule has 0 bridgehead atoms. The molecule has 3 aromatic rings. The average Bonchev–Trinajstić information content (AvgIpc) is 3.13. The predicted molar refractivity (Wildman–Crippen MR) is 138 cm³/mol. The van der Waals surface area contributed by atoms with Crippen LogP contribution in [0.3, 0.4) is 0 Å². The molecule has 1 aliphatic rings. The van der Waals surface area contributed by atoms with Gasteiger partial charge in [0.2, 0.25) is 5.91 Å². The highest BCUT2D eigenvalue weighted by molar-refractivity contribution is 8.05. The van der Waals surface area contributed by atoms with Crippen LogP contribution in [0.15, 0.2) is 83.4 Å². The number of nitrogens with zero attached hydrogens (tertiary/aromatic N) is 2. The van der Waals surface area contributed by atoms with Crippen molar-refractivity contribution >= 4 is 69.8 Å². The lowest BCUT2D eigenvalue weighted by Crippen LogP contribution is -2.30. The number of benzene rings is 3. The van der Waals surface area contributed by atoms with Gasteiger partial charge in [-0.1, -0.05) is 76.9 Å². The second kappa shape index (κ2) is 10.5. The van der Waals surface area contributed by atoms with Crippen molar-refractivity contribution in [2.45, 2.75) is 11.7 Å². The Morgan fingerprint density at radius 2 is 1.68 bits per heavy atom. The van der Waals surface area contributed by atoms with Gasteiger partial charge in [0, 0.05) is 15.7 Å². The molecule has 0 aliphatic carbocycles. The summed E-state index contributed by atoms with van der Waals surface area (Å²) in [6.45, 7) is 0. The zero-order valence-corrected chi connectivity index (χ0v) is 20.6. The van der Waals surface area contributed by atoms with Crippen LogP contribution in [0.1, 0.15) is 5.56 Å². The molecule has 1 heterocycles. The van der Waals surface area contributed by atoms with E-state index in [1.54, 1.807) is 48.5 Å². The van der Waals surface area contributed by atoms with E-state index >= 15 is 0 Å². The van der Waals surface area contributed by atoms with Gasteiger partial charge in [0.1, 0.15) is 16.7 Å². The summed E-state index contributed by atoms with van der Waals surface area (Å²) in [5.41, 5.74) is 1.61. The number of thioether (sulfide) groups is 1. The predicted octanol–water partition coefficient (Wildman–Crippen LogP) is 6.71. The van der Waals surface area contributed by atoms with E-state index in [2.05, 4.69) is 5.32 Å². The first kappa shape index (κ1) is 24.2. The number of amides is 2. The smallest absolute Gasteiger partial charge is 0.269 e. The summed E-state index contributed by atoms with van der Waals surface area (Å²) in [6, 6.07) is 22.7. The van der Waals surface area contributed by atoms with Crippen LogP contribution in [0.5, 0.6) is 0 Å². The maximum Gasteiger partial charge on any atom is 0.269 e. The summed E-state index contributed by atoms with van der Waals surface area (Å²) in [7, 11) is 0. The number of anilines is 2. The lowest BCUT2D eigenvalue weighted by atomic mass is 10.1. The summed E-state index contributed by atoms with van der Waals surface area (Å²) in [6.07, 6.45) is 0.414. The largest absolute Gasteiger partial charge is 0.320 e. The molecule has 5 nitrogen and oxygen atoms in total. The fourth-order valence-electron chi connectivity index (χ4n) is 3.41. The Morgan fingerprint density at radius 1 is 1.00 bits per heavy atom. The van der Waals surface area contributed by atoms with Gasteiger partial charge in [0.05, 0.1) is 16.0 Å². The summed E-state index contributed by atoms with van der Waals surface area (Å²) >= 11 is 19.3. The van der Waals surface area contributed by atoms with Crippen molar-refractivity contribution < 1.29 is 9.59 Å². The number of hydrogen-bond acceptors (Lipinski definition) is 4. The van der Waals surface area contributed by atoms with Crippen molar-refractivity contribution in [2.24, 2.45) is 0 Å². The lowest BCUT2D eigenvalue weighted by Gasteiger charge is -2.18. The fraction of sp³-hybridized carbons (Fsp3) is 0.0800. The first-order valence-corrected chi connectivity index (χ1v) is 12.1. The maximum absolute atomic E-state index is 13.4. The van der Waals surface area contributed by atoms with E-state index in [0.717, 1.165) is 5.56 Å². The quantitative estimate of drug-likeness (QED) is 0.295. The third-order valence-electron chi connectivity index (χ3n) is 5.03. The lowest BCUT2D eigenvalue weighted by molar-refractivity contribution is -0.117. The minimum atomic E-state index is -0.671. The number of halogens is 3. The molecule has 1 aliphatic heterocycles. The number of nitrogens with one attached hydrogen (secondary N) is 1. The molecule has 0 spiro atoms. The normalized spacial score (nSPS) is 16.8. The average molecular weight is 529 g/mol. The third kappa shape index (κ3) is 5.24. The monoisotopic (exact) mass is 527 g/mol. The SMILES string of the molecule is N#C/C(C(=O)Nc1ccc(Cl)cc1Cl)=C1/SC(Cc2ccc(Cl)cc2)C(=O)N1c1ccccc1. The Kier molecular flexibility index (Phi) is 7.50. The number of para-hydroxylation sites is 1. The topological polar surface area (TPSA) is 73.2 Å². The molecule has 34 heavy (non-hydrogen) atoms. The van der Waals surface area contributed by atoms with E-state index in [0.29, 0.717) is 27.8 Å². The highest BCUT2D eigenvalue weighted by Crippen LogP contribution is 2.42. The maximum atomic E-state index is 13.4. The minimum Gasteiger partial charge on any atom is -0.320 e. The molecule has 3 aromatic carbocycles. The minimum absolute atomic E-state index is 0.188. The Labute approximate surface area is 215 Å². The van der Waals surface area contributed by atoms with Gasteiger partial charge in [-0.05, 0) is 54.4 Å². The van der Waals surface area contributed by atoms with Crippen molar-refractivity contribution in [3.05, 3.63) is 104 Å². The van der Waals surface area contributed by atoms with Gasteiger partial charge in [-0.3, -0.25) is 14.5 Å². The molecule has 4 rings (SSSR count). The molecule has 0 radical (unpaired) electrons. The molecule has 2 amide bonds. The van der Waals surface area contributed by atoms with E-state index in [4.69, 9.17) is 34.8 Å². The molecule has 1 fully saturated rings. The molecular formula is C25H16Cl3N3O2S. The Balaban J connectivity index is 1.71. The molecule has 170 valence electrons. The van der Waals surface area contributed by atoms with Crippen molar-refractivity contribution in [3.63, 3.8) is 0 Å². The van der Waals surface area contributed by atoms with Crippen LogP contribution in [-0.4, -0.2) is 17.1 Å². The third-order valence-corrected chi connectivity index (χ3v) is 7.10. The molecule has 1 atom stereocenters. The van der Waals surface area contributed by atoms with E-state index in [1.165, 1.54) is 22.7 Å². The fourth-order valence-corrected chi connectivity index (χ4v) is 5.30. The van der Waals surface area contributed by atoms with Crippen LogP contribution in [0.25, 0.3) is 0 Å². The molecule has 1 N–H and O–H groups in total. The molecule has 1 unspecified atom stereocenters. The number of nitriles is 1. The van der Waals surface area contributed by atoms with Gasteiger partial charge >= 0.3 is 0 Å². The van der Waals surface area contributed by atoms with Crippen LogP contribution in [0, 0.1) is 11.3 Å². The number of carbonyl (C=O) groups excluding carboxylic acids is 2. The van der Waals surface area contributed by atoms with Crippen LogP contribution in [0.4, 0.5) is 11.4 Å². The van der Waals surface area contributed by atoms with Crippen LogP contribution < -0.4 is 10.2 Å². The van der Waals surface area contributed by atoms with Crippen LogP contribution >= 0.6 is 46.6 Å². The van der Waals surface area contributed by atoms with Gasteiger partial charge in [0.25, 0.3) is 5.91 Å². The molecular weight excluding hydrogens is 513 g/mol. The highest BCUT2D eigenvalue weighted by Gasteiger charge is 2.40. The zero-order valence-electron chi connectivity index (χ0n) is 17.5. The zero-order chi connectivity index (χ0) is 24.2. The van der Waals surface area contributed by atoms with E-state index < -0.39 is 11.2 Å². The second-order valence-corrected chi connectivity index (χ2v) is 9.79. The molecule has 0 aromatic heterocycles. The van der Waals surface area contributed by atoms with Crippen molar-refractivity contribution in [2.75, 3.05) is 10.2 Å². The standard InChI is InChI=1S/C25H16Cl3N3O2S/c26-16-8-6-15(7-9-16)12-22-24(33)31(18-4-2-1-3-5-18)25(34-22)19(14-29)23(32)30-21-11-10-17(27)13-20(21)28/h1-11,13,22H,12H2,(H,30,32)/b25-19-. The second-order valence-electron chi connectivity index (χ2n) is 7.32. The Hall–Kier alpha value is -2.95. The number of hydrogen-bond donors (Lipinski definition) is 1. The van der Waals surface area contributed by atoms with Gasteiger partial charge in [0.15, 0.2) is 0 Å². The Bertz CT molecular complexity index is 1320. The number of rotatable bonds is 5. The van der Waals surface area contributed by atoms with Crippen molar-refractivity contribution in [1.82, 2.24) is 0 Å². The van der Waals surface area contributed by atoms with E-state index in [9.17, 15) is 14.9 Å². The van der Waals surface area contributed by atoms with Gasteiger partial charge < -0.3 is 5.32 Å². The summed E-state index contributed by atoms with van der Waals surface area (Å²) < 4.78 is 0. The number of carbonyl (C=O) groups is 2. The van der Waals surface area contributed by atoms with Crippen molar-refractivity contribution in [1.29, 1.82) is 5.26 Å². The summed E-state index contributed by atoms with van der Waals surface area (Å²) in [5.74, 6) is -0.888. The summed E-state index contributed by atoms with van der Waals surface area (Å²) in [4.78, 5) is 28.0. The van der Waals surface area contributed by atoms with Crippen molar-refractivity contribution in [3.8, 4) is 6.07 Å². The van der Waals surface area contributed by atoms with Gasteiger partial charge in [-0.25, -0.2) is 0 Å². The highest BCUT2D eigenvalue weighted by atomic mass is 35.5.